The second kappa shape index (κ2) is 5.64. The number of nitrogens with one attached hydrogen (secondary N) is 1. The minimum Gasteiger partial charge on any atom is -0.489 e. The van der Waals surface area contributed by atoms with E-state index in [0.717, 1.165) is 12.0 Å². The Bertz CT molecular complexity index is 486. The summed E-state index contributed by atoms with van der Waals surface area (Å²) < 4.78 is 17.7. The van der Waals surface area contributed by atoms with Crippen LogP contribution in [-0.2, 0) is 6.42 Å². The van der Waals surface area contributed by atoms with Crippen LogP contribution in [0.2, 0.25) is 0 Å². The van der Waals surface area contributed by atoms with Gasteiger partial charge in [-0.3, -0.25) is 4.79 Å². The van der Waals surface area contributed by atoms with Crippen LogP contribution in [0.25, 0.3) is 0 Å². The van der Waals surface area contributed by atoms with Crippen LogP contribution in [0.15, 0.2) is 30.1 Å². The zero-order chi connectivity index (χ0) is 13.0. The summed E-state index contributed by atoms with van der Waals surface area (Å²) in [6, 6.07) is 5.25. The molecule has 0 radical (unpaired) electrons. The summed E-state index contributed by atoms with van der Waals surface area (Å²) in [6.07, 6.45) is 1.24. The molecule has 1 aromatic rings. The third-order valence-electron chi connectivity index (χ3n) is 2.84. The predicted molar refractivity (Wildman–Crippen MR) is 66.2 cm³/mol. The van der Waals surface area contributed by atoms with Crippen molar-refractivity contribution in [2.75, 3.05) is 19.7 Å². The number of hydrogen-bond acceptors (Lipinski definition) is 3. The normalized spacial score (nSPS) is 15.0. The fraction of sp³-hybridized carbons (Fsp3) is 0.308. The molecule has 5 heteroatoms. The Morgan fingerprint density at radius 1 is 1.56 bits per heavy atom. The topological polar surface area (TPSA) is 64.3 Å². The molecular weight excluding hydrogens is 235 g/mol. The van der Waals surface area contributed by atoms with Gasteiger partial charge in [-0.1, -0.05) is 0 Å². The number of nitrogens with two attached hydrogens (primary N) is 1. The Morgan fingerprint density at radius 3 is 3.11 bits per heavy atom. The lowest BCUT2D eigenvalue weighted by molar-refractivity contribution is 0.0946. The third kappa shape index (κ3) is 2.68. The number of rotatable bonds is 4. The lowest BCUT2D eigenvalue weighted by atomic mass is 10.0. The molecule has 96 valence electrons. The van der Waals surface area contributed by atoms with E-state index in [4.69, 9.17) is 10.5 Å². The zero-order valence-electron chi connectivity index (χ0n) is 9.91. The predicted octanol–water partition coefficient (Wildman–Crippen LogP) is 1.16. The van der Waals surface area contributed by atoms with Gasteiger partial charge in [0.25, 0.3) is 5.91 Å². The average molecular weight is 250 g/mol. The van der Waals surface area contributed by atoms with Gasteiger partial charge in [-0.05, 0) is 30.2 Å². The number of ether oxygens (including phenoxy) is 1. The highest BCUT2D eigenvalue weighted by atomic mass is 19.1. The molecule has 1 amide bonds. The summed E-state index contributed by atoms with van der Waals surface area (Å²) in [7, 11) is 0. The van der Waals surface area contributed by atoms with Gasteiger partial charge in [0.2, 0.25) is 0 Å². The Morgan fingerprint density at radius 2 is 2.39 bits per heavy atom. The van der Waals surface area contributed by atoms with Crippen LogP contribution < -0.4 is 15.8 Å². The van der Waals surface area contributed by atoms with Crippen molar-refractivity contribution in [2.45, 2.75) is 6.42 Å². The molecule has 0 spiro atoms. The smallest absolute Gasteiger partial charge is 0.251 e. The largest absolute Gasteiger partial charge is 0.489 e. The van der Waals surface area contributed by atoms with Crippen LogP contribution in [0, 0.1) is 0 Å². The van der Waals surface area contributed by atoms with Crippen molar-refractivity contribution >= 4 is 5.91 Å². The highest BCUT2D eigenvalue weighted by Gasteiger charge is 2.16. The van der Waals surface area contributed by atoms with Crippen molar-refractivity contribution < 1.29 is 13.9 Å². The number of fused-ring (bicyclic) bond motifs is 1. The molecule has 1 aromatic carbocycles. The molecule has 0 aromatic heterocycles. The number of hydrogen-bond donors (Lipinski definition) is 2. The molecule has 0 aliphatic carbocycles. The van der Waals surface area contributed by atoms with Gasteiger partial charge in [-0.15, -0.1) is 0 Å². The average Bonchev–Trinajstić information content (AvgIpc) is 2.40. The third-order valence-corrected chi connectivity index (χ3v) is 2.84. The van der Waals surface area contributed by atoms with E-state index in [9.17, 15) is 9.18 Å². The number of halogens is 1. The number of carbonyl (C=O) groups excluding carboxylic acids is 1. The quantitative estimate of drug-likeness (QED) is 0.843. The van der Waals surface area contributed by atoms with Crippen molar-refractivity contribution in [3.05, 3.63) is 41.2 Å². The summed E-state index contributed by atoms with van der Waals surface area (Å²) in [6.45, 7) is 0.884. The highest BCUT2D eigenvalue weighted by molar-refractivity contribution is 5.96. The van der Waals surface area contributed by atoms with Gasteiger partial charge in [0.05, 0.1) is 6.33 Å². The van der Waals surface area contributed by atoms with Gasteiger partial charge in [0, 0.05) is 24.2 Å². The van der Waals surface area contributed by atoms with E-state index in [1.165, 1.54) is 0 Å². The Labute approximate surface area is 105 Å². The van der Waals surface area contributed by atoms with Crippen LogP contribution >= 0.6 is 0 Å². The van der Waals surface area contributed by atoms with E-state index in [1.54, 1.807) is 12.1 Å². The molecule has 0 saturated carbocycles. The molecule has 0 unspecified atom stereocenters. The van der Waals surface area contributed by atoms with E-state index in [0.29, 0.717) is 29.8 Å². The fourth-order valence-corrected chi connectivity index (χ4v) is 1.81. The maximum atomic E-state index is 12.3. The molecule has 1 heterocycles. The summed E-state index contributed by atoms with van der Waals surface area (Å²) in [5, 5.41) is 2.77. The first-order chi connectivity index (χ1) is 8.74. The van der Waals surface area contributed by atoms with Crippen molar-refractivity contribution in [3.8, 4) is 5.75 Å². The number of amides is 1. The summed E-state index contributed by atoms with van der Waals surface area (Å²) in [5.74, 6) is 0.561. The second-order valence-electron chi connectivity index (χ2n) is 4.09. The Kier molecular flexibility index (Phi) is 3.94. The monoisotopic (exact) mass is 250 g/mol. The van der Waals surface area contributed by atoms with E-state index < -0.39 is 0 Å². The van der Waals surface area contributed by atoms with Crippen LogP contribution in [0.1, 0.15) is 15.9 Å². The zero-order valence-corrected chi connectivity index (χ0v) is 9.91. The molecule has 0 saturated heterocycles. The van der Waals surface area contributed by atoms with E-state index in [1.807, 2.05) is 6.07 Å². The number of benzene rings is 1. The van der Waals surface area contributed by atoms with Crippen LogP contribution in [0.4, 0.5) is 4.39 Å². The van der Waals surface area contributed by atoms with Gasteiger partial charge in [-0.2, -0.15) is 0 Å². The van der Waals surface area contributed by atoms with Crippen molar-refractivity contribution in [1.82, 2.24) is 5.32 Å². The summed E-state index contributed by atoms with van der Waals surface area (Å²) in [4.78, 5) is 11.5. The van der Waals surface area contributed by atoms with Crippen LogP contribution in [0.3, 0.4) is 0 Å². The molecular formula is C13H15FN2O2. The standard InChI is InChI=1S/C13H15FN2O2/c14-6-9(7-15)8-18-11-1-2-12-10(5-11)3-4-16-13(12)17/h1-2,5-6H,3-4,7-8,15H2,(H,16,17)/b9-6-. The molecule has 1 aliphatic rings. The molecule has 1 aliphatic heterocycles. The Hall–Kier alpha value is -1.88. The first kappa shape index (κ1) is 12.6. The molecule has 18 heavy (non-hydrogen) atoms. The summed E-state index contributed by atoms with van der Waals surface area (Å²) >= 11 is 0. The minimum absolute atomic E-state index is 0.0610. The van der Waals surface area contributed by atoms with Crippen molar-refractivity contribution in [1.29, 1.82) is 0 Å². The van der Waals surface area contributed by atoms with Crippen molar-refractivity contribution in [2.24, 2.45) is 5.73 Å². The van der Waals surface area contributed by atoms with Gasteiger partial charge in [0.1, 0.15) is 12.4 Å². The first-order valence-electron chi connectivity index (χ1n) is 5.76. The van der Waals surface area contributed by atoms with E-state index in [2.05, 4.69) is 5.32 Å². The number of carbonyl (C=O) groups is 1. The lowest BCUT2D eigenvalue weighted by Gasteiger charge is -2.17. The second-order valence-corrected chi connectivity index (χ2v) is 4.09. The van der Waals surface area contributed by atoms with Crippen molar-refractivity contribution in [3.63, 3.8) is 0 Å². The molecule has 0 bridgehead atoms. The maximum absolute atomic E-state index is 12.3. The minimum atomic E-state index is -0.0610. The molecule has 0 fully saturated rings. The van der Waals surface area contributed by atoms with Gasteiger partial charge in [-0.25, -0.2) is 4.39 Å². The van der Waals surface area contributed by atoms with Crippen LogP contribution in [-0.4, -0.2) is 25.6 Å². The fourth-order valence-electron chi connectivity index (χ4n) is 1.81. The summed E-state index contributed by atoms with van der Waals surface area (Å²) in [5.41, 5.74) is 7.36. The van der Waals surface area contributed by atoms with Gasteiger partial charge >= 0.3 is 0 Å². The van der Waals surface area contributed by atoms with E-state index in [-0.39, 0.29) is 19.1 Å². The van der Waals surface area contributed by atoms with E-state index >= 15 is 0 Å². The highest BCUT2D eigenvalue weighted by Crippen LogP contribution is 2.21. The van der Waals surface area contributed by atoms with Crippen LogP contribution in [0.5, 0.6) is 5.75 Å². The molecule has 2 rings (SSSR count). The Balaban J connectivity index is 2.09. The molecule has 0 atom stereocenters. The van der Waals surface area contributed by atoms with Gasteiger partial charge < -0.3 is 15.8 Å². The van der Waals surface area contributed by atoms with Gasteiger partial charge in [0.15, 0.2) is 0 Å². The molecule has 3 N–H and O–H groups in total. The maximum Gasteiger partial charge on any atom is 0.251 e. The first-order valence-corrected chi connectivity index (χ1v) is 5.76. The lowest BCUT2D eigenvalue weighted by Crippen LogP contribution is -2.31. The SMILES string of the molecule is NC/C(=C/F)COc1ccc2c(c1)CCNC2=O. The molecule has 4 nitrogen and oxygen atoms in total.